The Balaban J connectivity index is 1.35. The van der Waals surface area contributed by atoms with E-state index in [0.29, 0.717) is 25.4 Å². The maximum Gasteiger partial charge on any atom is 0.276 e. The highest BCUT2D eigenvalue weighted by Crippen LogP contribution is 2.22. The van der Waals surface area contributed by atoms with Gasteiger partial charge >= 0.3 is 0 Å². The Bertz CT molecular complexity index is 876. The monoisotopic (exact) mass is 322 g/mol. The molecule has 122 valence electrons. The van der Waals surface area contributed by atoms with E-state index in [9.17, 15) is 4.79 Å². The van der Waals surface area contributed by atoms with Gasteiger partial charge in [0.2, 0.25) is 0 Å². The molecule has 0 spiro atoms. The average Bonchev–Trinajstić information content (AvgIpc) is 2.99. The normalized spacial score (nSPS) is 14.8. The summed E-state index contributed by atoms with van der Waals surface area (Å²) in [4.78, 5) is 14.0. The topological polar surface area (TPSA) is 55.6 Å². The minimum atomic E-state index is -0.0914. The van der Waals surface area contributed by atoms with Gasteiger partial charge in [0, 0.05) is 18.7 Å². The van der Waals surface area contributed by atoms with Gasteiger partial charge in [0.05, 0.1) is 12.7 Å². The molecule has 24 heavy (non-hydrogen) atoms. The SMILES string of the molecule is Cc1conc1C(=O)N1CC(OCc2cccc3ccccc23)C1. The number of hydrogen-bond donors (Lipinski definition) is 0. The van der Waals surface area contributed by atoms with Gasteiger partial charge < -0.3 is 14.2 Å². The lowest BCUT2D eigenvalue weighted by Gasteiger charge is -2.38. The first-order chi connectivity index (χ1) is 11.7. The quantitative estimate of drug-likeness (QED) is 0.740. The van der Waals surface area contributed by atoms with Crippen molar-refractivity contribution in [2.75, 3.05) is 13.1 Å². The lowest BCUT2D eigenvalue weighted by molar-refractivity contribution is -0.0503. The highest BCUT2D eigenvalue weighted by atomic mass is 16.5. The summed E-state index contributed by atoms with van der Waals surface area (Å²) in [5.74, 6) is -0.0914. The van der Waals surface area contributed by atoms with Crippen LogP contribution in [0.3, 0.4) is 0 Å². The summed E-state index contributed by atoms with van der Waals surface area (Å²) in [6, 6.07) is 14.5. The van der Waals surface area contributed by atoms with Gasteiger partial charge in [-0.1, -0.05) is 47.6 Å². The number of hydrogen-bond acceptors (Lipinski definition) is 4. The standard InChI is InChI=1S/C19H18N2O3/c1-13-11-24-20-18(13)19(22)21-9-16(10-21)23-12-15-7-4-6-14-5-2-3-8-17(14)15/h2-8,11,16H,9-10,12H2,1H3. The fourth-order valence-electron chi connectivity index (χ4n) is 2.98. The van der Waals surface area contributed by atoms with Gasteiger partial charge in [0.25, 0.3) is 5.91 Å². The van der Waals surface area contributed by atoms with Crippen LogP contribution in [0.2, 0.25) is 0 Å². The predicted molar refractivity (Wildman–Crippen MR) is 89.7 cm³/mol. The Hall–Kier alpha value is -2.66. The lowest BCUT2D eigenvalue weighted by Crippen LogP contribution is -2.54. The zero-order valence-corrected chi connectivity index (χ0v) is 13.4. The molecular weight excluding hydrogens is 304 g/mol. The molecule has 1 saturated heterocycles. The molecule has 1 aliphatic rings. The number of carbonyl (C=O) groups is 1. The van der Waals surface area contributed by atoms with E-state index in [4.69, 9.17) is 9.26 Å². The molecule has 1 fully saturated rings. The predicted octanol–water partition coefficient (Wildman–Crippen LogP) is 3.18. The van der Waals surface area contributed by atoms with Crippen LogP contribution in [0, 0.1) is 6.92 Å². The summed E-state index contributed by atoms with van der Waals surface area (Å²) < 4.78 is 10.8. The number of aryl methyl sites for hydroxylation is 1. The first-order valence-corrected chi connectivity index (χ1v) is 8.01. The summed E-state index contributed by atoms with van der Waals surface area (Å²) in [5.41, 5.74) is 2.33. The molecular formula is C19H18N2O3. The van der Waals surface area contributed by atoms with Crippen LogP contribution < -0.4 is 0 Å². The highest BCUT2D eigenvalue weighted by Gasteiger charge is 2.33. The second kappa shape index (κ2) is 6.09. The smallest absolute Gasteiger partial charge is 0.276 e. The van der Waals surface area contributed by atoms with Gasteiger partial charge in [0.1, 0.15) is 6.26 Å². The molecule has 0 saturated carbocycles. The fraction of sp³-hybridized carbons (Fsp3) is 0.263. The summed E-state index contributed by atoms with van der Waals surface area (Å²) in [6.07, 6.45) is 1.56. The van der Waals surface area contributed by atoms with Gasteiger partial charge in [-0.25, -0.2) is 0 Å². The molecule has 1 aliphatic heterocycles. The third-order valence-electron chi connectivity index (χ3n) is 4.44. The van der Waals surface area contributed by atoms with E-state index in [1.54, 1.807) is 4.90 Å². The van der Waals surface area contributed by atoms with E-state index in [1.807, 2.05) is 25.1 Å². The van der Waals surface area contributed by atoms with Crippen molar-refractivity contribution in [3.8, 4) is 0 Å². The van der Waals surface area contributed by atoms with Gasteiger partial charge in [-0.2, -0.15) is 0 Å². The van der Waals surface area contributed by atoms with Crippen molar-refractivity contribution < 1.29 is 14.1 Å². The molecule has 0 unspecified atom stereocenters. The Labute approximate surface area is 139 Å². The van der Waals surface area contributed by atoms with E-state index < -0.39 is 0 Å². The summed E-state index contributed by atoms with van der Waals surface area (Å²) in [5, 5.41) is 6.19. The molecule has 1 amide bonds. The third kappa shape index (κ3) is 2.67. The van der Waals surface area contributed by atoms with Crippen molar-refractivity contribution in [2.24, 2.45) is 0 Å². The van der Waals surface area contributed by atoms with Crippen LogP contribution in [-0.4, -0.2) is 35.2 Å². The molecule has 0 aliphatic carbocycles. The van der Waals surface area contributed by atoms with Crippen molar-refractivity contribution in [3.05, 3.63) is 65.5 Å². The molecule has 0 radical (unpaired) electrons. The first-order valence-electron chi connectivity index (χ1n) is 8.01. The largest absolute Gasteiger partial charge is 0.370 e. The number of nitrogens with zero attached hydrogens (tertiary/aromatic N) is 2. The molecule has 4 rings (SSSR count). The number of carbonyl (C=O) groups excluding carboxylic acids is 1. The van der Waals surface area contributed by atoms with Crippen LogP contribution in [0.5, 0.6) is 0 Å². The molecule has 0 N–H and O–H groups in total. The molecule has 3 aromatic rings. The van der Waals surface area contributed by atoms with Gasteiger partial charge in [-0.3, -0.25) is 4.79 Å². The fourth-order valence-corrected chi connectivity index (χ4v) is 2.98. The molecule has 0 atom stereocenters. The van der Waals surface area contributed by atoms with E-state index in [0.717, 1.165) is 5.56 Å². The minimum absolute atomic E-state index is 0.0696. The van der Waals surface area contributed by atoms with Crippen molar-refractivity contribution in [2.45, 2.75) is 19.6 Å². The highest BCUT2D eigenvalue weighted by molar-refractivity contribution is 5.94. The van der Waals surface area contributed by atoms with Crippen LogP contribution in [0.4, 0.5) is 0 Å². The molecule has 5 nitrogen and oxygen atoms in total. The Kier molecular flexibility index (Phi) is 3.78. The summed E-state index contributed by atoms with van der Waals surface area (Å²) >= 11 is 0. The molecule has 2 heterocycles. The molecule has 1 aromatic heterocycles. The van der Waals surface area contributed by atoms with Crippen LogP contribution in [0.25, 0.3) is 10.8 Å². The molecule has 5 heteroatoms. The van der Waals surface area contributed by atoms with Crippen molar-refractivity contribution in [1.29, 1.82) is 0 Å². The summed E-state index contributed by atoms with van der Waals surface area (Å²) in [7, 11) is 0. The minimum Gasteiger partial charge on any atom is -0.370 e. The second-order valence-corrected chi connectivity index (χ2v) is 6.13. The van der Waals surface area contributed by atoms with Crippen molar-refractivity contribution in [3.63, 3.8) is 0 Å². The Morgan fingerprint density at radius 1 is 1.25 bits per heavy atom. The van der Waals surface area contributed by atoms with Crippen LogP contribution in [0.1, 0.15) is 21.6 Å². The van der Waals surface area contributed by atoms with Crippen LogP contribution in [-0.2, 0) is 11.3 Å². The third-order valence-corrected chi connectivity index (χ3v) is 4.44. The molecule has 0 bridgehead atoms. The van der Waals surface area contributed by atoms with Gasteiger partial charge in [0.15, 0.2) is 5.69 Å². The van der Waals surface area contributed by atoms with E-state index >= 15 is 0 Å². The molecule has 2 aromatic carbocycles. The van der Waals surface area contributed by atoms with Gasteiger partial charge in [-0.05, 0) is 23.3 Å². The van der Waals surface area contributed by atoms with E-state index in [-0.39, 0.29) is 12.0 Å². The van der Waals surface area contributed by atoms with Gasteiger partial charge in [-0.15, -0.1) is 0 Å². The Morgan fingerprint density at radius 2 is 2.04 bits per heavy atom. The number of aromatic nitrogens is 1. The Morgan fingerprint density at radius 3 is 2.83 bits per heavy atom. The van der Waals surface area contributed by atoms with Crippen LogP contribution >= 0.6 is 0 Å². The van der Waals surface area contributed by atoms with E-state index in [2.05, 4.69) is 29.4 Å². The maximum absolute atomic E-state index is 12.3. The number of ether oxygens (including phenoxy) is 1. The first kappa shape index (κ1) is 14.9. The lowest BCUT2D eigenvalue weighted by atomic mass is 10.1. The maximum atomic E-state index is 12.3. The zero-order chi connectivity index (χ0) is 16.5. The van der Waals surface area contributed by atoms with Crippen LogP contribution in [0.15, 0.2) is 53.3 Å². The average molecular weight is 322 g/mol. The van der Waals surface area contributed by atoms with Crippen molar-refractivity contribution >= 4 is 16.7 Å². The number of rotatable bonds is 4. The van der Waals surface area contributed by atoms with E-state index in [1.165, 1.54) is 22.6 Å². The number of amides is 1. The number of benzene rings is 2. The zero-order valence-electron chi connectivity index (χ0n) is 13.4. The number of fused-ring (bicyclic) bond motifs is 1. The summed E-state index contributed by atoms with van der Waals surface area (Å²) in [6.45, 7) is 3.56. The number of likely N-dealkylation sites (tertiary alicyclic amines) is 1. The second-order valence-electron chi connectivity index (χ2n) is 6.13. The van der Waals surface area contributed by atoms with Crippen molar-refractivity contribution in [1.82, 2.24) is 10.1 Å².